The average molecular weight is 356 g/mol. The van der Waals surface area contributed by atoms with Crippen molar-refractivity contribution in [2.45, 2.75) is 26.3 Å². The number of nitro groups is 1. The molecule has 0 aliphatic heterocycles. The Hall–Kier alpha value is -3.42. The van der Waals surface area contributed by atoms with Crippen LogP contribution in [-0.4, -0.2) is 22.9 Å². The monoisotopic (exact) mass is 356 g/mol. The van der Waals surface area contributed by atoms with Crippen molar-refractivity contribution < 1.29 is 14.5 Å². The van der Waals surface area contributed by atoms with Crippen LogP contribution in [0.2, 0.25) is 0 Å². The highest BCUT2D eigenvalue weighted by molar-refractivity contribution is 5.99. The SMILES string of the molecule is CC(C)NC(=O)Cc1ccc(NC(=O)Nc2cccc([N+](=O)[O-])c2)cc1. The van der Waals surface area contributed by atoms with Crippen molar-refractivity contribution in [1.29, 1.82) is 0 Å². The first-order chi connectivity index (χ1) is 12.3. The highest BCUT2D eigenvalue weighted by Gasteiger charge is 2.09. The fourth-order valence-electron chi connectivity index (χ4n) is 2.26. The summed E-state index contributed by atoms with van der Waals surface area (Å²) in [6.07, 6.45) is 0.262. The summed E-state index contributed by atoms with van der Waals surface area (Å²) in [7, 11) is 0. The van der Waals surface area contributed by atoms with E-state index < -0.39 is 11.0 Å². The van der Waals surface area contributed by atoms with Gasteiger partial charge in [-0.3, -0.25) is 14.9 Å². The Morgan fingerprint density at radius 3 is 2.31 bits per heavy atom. The molecule has 8 nitrogen and oxygen atoms in total. The molecule has 0 aliphatic carbocycles. The van der Waals surface area contributed by atoms with Crippen LogP contribution in [0.4, 0.5) is 21.9 Å². The second-order valence-electron chi connectivity index (χ2n) is 5.98. The summed E-state index contributed by atoms with van der Waals surface area (Å²) in [6, 6.07) is 12.1. The molecule has 2 rings (SSSR count). The van der Waals surface area contributed by atoms with Crippen molar-refractivity contribution in [3.05, 3.63) is 64.2 Å². The first kappa shape index (κ1) is 18.9. The van der Waals surface area contributed by atoms with Crippen molar-refractivity contribution in [2.24, 2.45) is 0 Å². The lowest BCUT2D eigenvalue weighted by atomic mass is 10.1. The van der Waals surface area contributed by atoms with Crippen LogP contribution in [0.1, 0.15) is 19.4 Å². The normalized spacial score (nSPS) is 10.3. The summed E-state index contributed by atoms with van der Waals surface area (Å²) >= 11 is 0. The zero-order valence-electron chi connectivity index (χ0n) is 14.5. The summed E-state index contributed by atoms with van der Waals surface area (Å²) in [5.74, 6) is -0.0656. The van der Waals surface area contributed by atoms with Crippen molar-refractivity contribution in [3.8, 4) is 0 Å². The molecule has 0 unspecified atom stereocenters. The molecule has 0 fully saturated rings. The third kappa shape index (κ3) is 5.90. The van der Waals surface area contributed by atoms with E-state index in [-0.39, 0.29) is 24.1 Å². The number of hydrogen-bond donors (Lipinski definition) is 3. The number of carbonyl (C=O) groups excluding carboxylic acids is 2. The number of nitro benzene ring substituents is 1. The topological polar surface area (TPSA) is 113 Å². The molecule has 0 aliphatic rings. The van der Waals surface area contributed by atoms with E-state index in [9.17, 15) is 19.7 Å². The molecule has 0 spiro atoms. The Labute approximate surface area is 150 Å². The number of non-ortho nitro benzene ring substituents is 1. The van der Waals surface area contributed by atoms with Gasteiger partial charge in [-0.15, -0.1) is 0 Å². The maximum atomic E-state index is 12.0. The molecule has 0 radical (unpaired) electrons. The van der Waals surface area contributed by atoms with Crippen molar-refractivity contribution in [3.63, 3.8) is 0 Å². The number of urea groups is 1. The van der Waals surface area contributed by atoms with Gasteiger partial charge in [-0.25, -0.2) is 4.79 Å². The number of anilines is 2. The number of nitrogens with zero attached hydrogens (tertiary/aromatic N) is 1. The number of amides is 3. The Morgan fingerprint density at radius 1 is 1.04 bits per heavy atom. The molecule has 2 aromatic rings. The van der Waals surface area contributed by atoms with Gasteiger partial charge in [-0.05, 0) is 37.6 Å². The third-order valence-corrected chi connectivity index (χ3v) is 3.34. The number of carbonyl (C=O) groups is 2. The van der Waals surface area contributed by atoms with Crippen LogP contribution in [0.15, 0.2) is 48.5 Å². The van der Waals surface area contributed by atoms with E-state index in [1.807, 2.05) is 13.8 Å². The zero-order chi connectivity index (χ0) is 19.1. The Morgan fingerprint density at radius 2 is 1.69 bits per heavy atom. The van der Waals surface area contributed by atoms with Gasteiger partial charge in [0.1, 0.15) is 0 Å². The van der Waals surface area contributed by atoms with E-state index >= 15 is 0 Å². The molecule has 0 heterocycles. The highest BCUT2D eigenvalue weighted by atomic mass is 16.6. The van der Waals surface area contributed by atoms with Crippen LogP contribution in [0, 0.1) is 10.1 Å². The van der Waals surface area contributed by atoms with E-state index in [2.05, 4.69) is 16.0 Å². The van der Waals surface area contributed by atoms with Crippen LogP contribution < -0.4 is 16.0 Å². The first-order valence-corrected chi connectivity index (χ1v) is 8.04. The second kappa shape index (κ2) is 8.61. The lowest BCUT2D eigenvalue weighted by Gasteiger charge is -2.10. The van der Waals surface area contributed by atoms with Crippen molar-refractivity contribution in [2.75, 3.05) is 10.6 Å². The molecule has 136 valence electrons. The minimum absolute atomic E-state index is 0.0656. The summed E-state index contributed by atoms with van der Waals surface area (Å²) < 4.78 is 0. The predicted molar refractivity (Wildman–Crippen MR) is 99.2 cm³/mol. The maximum absolute atomic E-state index is 12.0. The fraction of sp³-hybridized carbons (Fsp3) is 0.222. The molecule has 0 aromatic heterocycles. The van der Waals surface area contributed by atoms with Crippen molar-refractivity contribution in [1.82, 2.24) is 5.32 Å². The van der Waals surface area contributed by atoms with Gasteiger partial charge in [-0.2, -0.15) is 0 Å². The number of benzene rings is 2. The Bertz CT molecular complexity index is 803. The van der Waals surface area contributed by atoms with E-state index in [1.165, 1.54) is 18.2 Å². The highest BCUT2D eigenvalue weighted by Crippen LogP contribution is 2.17. The fourth-order valence-corrected chi connectivity index (χ4v) is 2.26. The van der Waals surface area contributed by atoms with Crippen LogP contribution >= 0.6 is 0 Å². The van der Waals surface area contributed by atoms with Crippen LogP contribution in [0.25, 0.3) is 0 Å². The molecular weight excluding hydrogens is 336 g/mol. The predicted octanol–water partition coefficient (Wildman–Crippen LogP) is 3.31. The van der Waals surface area contributed by atoms with Gasteiger partial charge in [-0.1, -0.05) is 18.2 Å². The standard InChI is InChI=1S/C18H20N4O4/c1-12(2)19-17(23)10-13-6-8-14(9-7-13)20-18(24)21-15-4-3-5-16(11-15)22(25)26/h3-9,11-12H,10H2,1-2H3,(H,19,23)(H2,20,21,24). The second-order valence-corrected chi connectivity index (χ2v) is 5.98. The molecule has 0 saturated heterocycles. The lowest BCUT2D eigenvalue weighted by molar-refractivity contribution is -0.384. The zero-order valence-corrected chi connectivity index (χ0v) is 14.5. The molecule has 8 heteroatoms. The van der Waals surface area contributed by atoms with Crippen molar-refractivity contribution >= 4 is 29.0 Å². The van der Waals surface area contributed by atoms with Crippen LogP contribution in [0.3, 0.4) is 0 Å². The van der Waals surface area contributed by atoms with E-state index in [1.54, 1.807) is 30.3 Å². The molecule has 2 aromatic carbocycles. The van der Waals surface area contributed by atoms with Gasteiger partial charge < -0.3 is 16.0 Å². The quantitative estimate of drug-likeness (QED) is 0.544. The van der Waals surface area contributed by atoms with E-state index in [0.29, 0.717) is 11.4 Å². The molecule has 0 bridgehead atoms. The summed E-state index contributed by atoms with van der Waals surface area (Å²) in [5, 5.41) is 18.7. The Kier molecular flexibility index (Phi) is 6.26. The minimum Gasteiger partial charge on any atom is -0.354 e. The third-order valence-electron chi connectivity index (χ3n) is 3.34. The maximum Gasteiger partial charge on any atom is 0.323 e. The van der Waals surface area contributed by atoms with E-state index in [0.717, 1.165) is 5.56 Å². The van der Waals surface area contributed by atoms with Gasteiger partial charge in [0, 0.05) is 29.5 Å². The molecule has 0 saturated carbocycles. The molecule has 26 heavy (non-hydrogen) atoms. The first-order valence-electron chi connectivity index (χ1n) is 8.04. The van der Waals surface area contributed by atoms with Crippen LogP contribution in [0.5, 0.6) is 0 Å². The largest absolute Gasteiger partial charge is 0.354 e. The van der Waals surface area contributed by atoms with Gasteiger partial charge in [0.05, 0.1) is 11.3 Å². The van der Waals surface area contributed by atoms with Gasteiger partial charge in [0.2, 0.25) is 5.91 Å². The van der Waals surface area contributed by atoms with Gasteiger partial charge >= 0.3 is 6.03 Å². The lowest BCUT2D eigenvalue weighted by Crippen LogP contribution is -2.31. The van der Waals surface area contributed by atoms with Crippen LogP contribution in [-0.2, 0) is 11.2 Å². The average Bonchev–Trinajstić information content (AvgIpc) is 2.56. The summed E-state index contributed by atoms with van der Waals surface area (Å²) in [5.41, 5.74) is 1.58. The number of rotatable bonds is 6. The molecule has 3 amide bonds. The number of hydrogen-bond acceptors (Lipinski definition) is 4. The smallest absolute Gasteiger partial charge is 0.323 e. The molecule has 0 atom stereocenters. The summed E-state index contributed by atoms with van der Waals surface area (Å²) in [6.45, 7) is 3.79. The number of nitrogens with one attached hydrogen (secondary N) is 3. The van der Waals surface area contributed by atoms with Gasteiger partial charge in [0.15, 0.2) is 0 Å². The summed E-state index contributed by atoms with van der Waals surface area (Å²) in [4.78, 5) is 33.9. The van der Waals surface area contributed by atoms with Gasteiger partial charge in [0.25, 0.3) is 5.69 Å². The van der Waals surface area contributed by atoms with E-state index in [4.69, 9.17) is 0 Å². The minimum atomic E-state index is -0.531. The molecular formula is C18H20N4O4. The molecule has 3 N–H and O–H groups in total. The Balaban J connectivity index is 1.92.